The molecule has 0 fully saturated rings. The zero-order valence-electron chi connectivity index (χ0n) is 9.62. The van der Waals surface area contributed by atoms with Gasteiger partial charge in [0.2, 0.25) is 0 Å². The Hall–Kier alpha value is -2.63. The van der Waals surface area contributed by atoms with Crippen molar-refractivity contribution < 1.29 is 14.7 Å². The fraction of sp³-hybridized carbons (Fsp3) is 0.0833. The summed E-state index contributed by atoms with van der Waals surface area (Å²) in [6, 6.07) is 7.82. The van der Waals surface area contributed by atoms with Gasteiger partial charge in [-0.1, -0.05) is 0 Å². The number of aromatic carboxylic acids is 1. The van der Waals surface area contributed by atoms with E-state index in [-0.39, 0.29) is 11.5 Å². The van der Waals surface area contributed by atoms with Crippen molar-refractivity contribution in [2.45, 2.75) is 0 Å². The van der Waals surface area contributed by atoms with Gasteiger partial charge in [0.05, 0.1) is 11.3 Å². The van der Waals surface area contributed by atoms with Gasteiger partial charge in [0.15, 0.2) is 5.69 Å². The second kappa shape index (κ2) is 4.70. The predicted molar refractivity (Wildman–Crippen MR) is 63.9 cm³/mol. The number of benzene rings is 1. The van der Waals surface area contributed by atoms with Crippen LogP contribution < -0.4 is 5.32 Å². The molecule has 6 heteroatoms. The summed E-state index contributed by atoms with van der Waals surface area (Å²) >= 11 is 0. The van der Waals surface area contributed by atoms with E-state index in [0.717, 1.165) is 0 Å². The molecule has 2 rings (SSSR count). The number of carboxylic acids is 1. The summed E-state index contributed by atoms with van der Waals surface area (Å²) in [6.07, 6.45) is 1.64. The molecule has 0 aliphatic carbocycles. The molecule has 92 valence electrons. The number of nitrogens with one attached hydrogen (secondary N) is 1. The van der Waals surface area contributed by atoms with Crippen LogP contribution in [0, 0.1) is 0 Å². The topological polar surface area (TPSA) is 84.2 Å². The molecule has 0 atom stereocenters. The number of amides is 1. The third-order valence-corrected chi connectivity index (χ3v) is 2.43. The maximum atomic E-state index is 11.3. The lowest BCUT2D eigenvalue weighted by molar-refractivity contribution is 0.0696. The first-order valence-corrected chi connectivity index (χ1v) is 5.23. The Morgan fingerprint density at radius 3 is 2.44 bits per heavy atom. The van der Waals surface area contributed by atoms with Gasteiger partial charge in [-0.25, -0.2) is 9.48 Å². The van der Waals surface area contributed by atoms with Crippen molar-refractivity contribution in [1.29, 1.82) is 0 Å². The van der Waals surface area contributed by atoms with Crippen LogP contribution in [0.25, 0.3) is 5.69 Å². The molecule has 1 heterocycles. The Morgan fingerprint density at radius 1 is 1.22 bits per heavy atom. The molecule has 0 saturated heterocycles. The zero-order valence-corrected chi connectivity index (χ0v) is 9.62. The molecule has 1 aromatic carbocycles. The van der Waals surface area contributed by atoms with Crippen molar-refractivity contribution in [2.24, 2.45) is 0 Å². The van der Waals surface area contributed by atoms with Gasteiger partial charge in [-0.05, 0) is 30.3 Å². The average Bonchev–Trinajstić information content (AvgIpc) is 2.87. The van der Waals surface area contributed by atoms with E-state index in [4.69, 9.17) is 5.11 Å². The van der Waals surface area contributed by atoms with Crippen molar-refractivity contribution in [2.75, 3.05) is 7.05 Å². The van der Waals surface area contributed by atoms with E-state index >= 15 is 0 Å². The minimum Gasteiger partial charge on any atom is -0.478 e. The number of aromatic nitrogens is 2. The fourth-order valence-electron chi connectivity index (χ4n) is 1.47. The Morgan fingerprint density at radius 2 is 1.89 bits per heavy atom. The lowest BCUT2D eigenvalue weighted by atomic mass is 10.2. The smallest absolute Gasteiger partial charge is 0.335 e. The summed E-state index contributed by atoms with van der Waals surface area (Å²) in [4.78, 5) is 22.0. The first-order chi connectivity index (χ1) is 8.61. The van der Waals surface area contributed by atoms with Crippen LogP contribution in [0.3, 0.4) is 0 Å². The van der Waals surface area contributed by atoms with E-state index in [0.29, 0.717) is 11.4 Å². The highest BCUT2D eigenvalue weighted by Gasteiger charge is 2.08. The Labute approximate surface area is 103 Å². The van der Waals surface area contributed by atoms with Gasteiger partial charge in [0.25, 0.3) is 5.91 Å². The molecule has 0 saturated carbocycles. The van der Waals surface area contributed by atoms with Crippen LogP contribution in [0.1, 0.15) is 20.8 Å². The predicted octanol–water partition coefficient (Wildman–Crippen LogP) is 0.930. The summed E-state index contributed by atoms with van der Waals surface area (Å²) < 4.78 is 1.51. The summed E-state index contributed by atoms with van der Waals surface area (Å²) in [5, 5.41) is 15.3. The van der Waals surface area contributed by atoms with Gasteiger partial charge in [0, 0.05) is 13.2 Å². The third-order valence-electron chi connectivity index (χ3n) is 2.43. The zero-order chi connectivity index (χ0) is 13.1. The number of hydrogen-bond donors (Lipinski definition) is 2. The van der Waals surface area contributed by atoms with Crippen molar-refractivity contribution >= 4 is 11.9 Å². The van der Waals surface area contributed by atoms with Gasteiger partial charge in [0.1, 0.15) is 0 Å². The first kappa shape index (κ1) is 11.8. The number of nitrogens with zero attached hydrogens (tertiary/aromatic N) is 2. The highest BCUT2D eigenvalue weighted by molar-refractivity contribution is 5.92. The molecule has 0 aliphatic heterocycles. The highest BCUT2D eigenvalue weighted by Crippen LogP contribution is 2.09. The molecule has 0 unspecified atom stereocenters. The summed E-state index contributed by atoms with van der Waals surface area (Å²) in [7, 11) is 1.53. The molecule has 18 heavy (non-hydrogen) atoms. The van der Waals surface area contributed by atoms with E-state index in [1.165, 1.54) is 23.9 Å². The molecule has 1 aromatic heterocycles. The summed E-state index contributed by atoms with van der Waals surface area (Å²) in [6.45, 7) is 0. The maximum Gasteiger partial charge on any atom is 0.335 e. The van der Waals surface area contributed by atoms with Crippen molar-refractivity contribution in [3.63, 3.8) is 0 Å². The van der Waals surface area contributed by atoms with E-state index in [1.807, 2.05) is 0 Å². The van der Waals surface area contributed by atoms with Crippen LogP contribution in [0.2, 0.25) is 0 Å². The Kier molecular flexibility index (Phi) is 3.09. The monoisotopic (exact) mass is 245 g/mol. The third kappa shape index (κ3) is 2.22. The van der Waals surface area contributed by atoms with Gasteiger partial charge >= 0.3 is 5.97 Å². The second-order valence-corrected chi connectivity index (χ2v) is 3.58. The highest BCUT2D eigenvalue weighted by atomic mass is 16.4. The number of rotatable bonds is 3. The molecule has 2 aromatic rings. The van der Waals surface area contributed by atoms with Crippen molar-refractivity contribution in [3.05, 3.63) is 47.8 Å². The second-order valence-electron chi connectivity index (χ2n) is 3.58. The lowest BCUT2D eigenvalue weighted by Gasteiger charge is -2.01. The minimum atomic E-state index is -0.979. The van der Waals surface area contributed by atoms with Crippen molar-refractivity contribution in [1.82, 2.24) is 15.1 Å². The summed E-state index contributed by atoms with van der Waals surface area (Å²) in [5.41, 5.74) is 1.20. The van der Waals surface area contributed by atoms with Crippen LogP contribution >= 0.6 is 0 Å². The molecule has 0 radical (unpaired) electrons. The van der Waals surface area contributed by atoms with Crippen LogP contribution in [-0.4, -0.2) is 33.8 Å². The van der Waals surface area contributed by atoms with Crippen molar-refractivity contribution in [3.8, 4) is 5.69 Å². The number of hydrogen-bond acceptors (Lipinski definition) is 3. The van der Waals surface area contributed by atoms with Crippen LogP contribution in [0.15, 0.2) is 36.5 Å². The van der Waals surface area contributed by atoms with Gasteiger partial charge < -0.3 is 10.4 Å². The first-order valence-electron chi connectivity index (χ1n) is 5.23. The number of carboxylic acid groups (broad SMARTS) is 1. The molecule has 2 N–H and O–H groups in total. The molecule has 6 nitrogen and oxygen atoms in total. The minimum absolute atomic E-state index is 0.206. The Balaban J connectivity index is 2.29. The molecule has 1 amide bonds. The van der Waals surface area contributed by atoms with Gasteiger partial charge in [-0.3, -0.25) is 4.79 Å². The molecular weight excluding hydrogens is 234 g/mol. The standard InChI is InChI=1S/C12H11N3O3/c1-13-11(16)10-6-7-15(14-10)9-4-2-8(3-5-9)12(17)18/h2-7H,1H3,(H,13,16)(H,17,18). The van der Waals surface area contributed by atoms with Crippen LogP contribution in [-0.2, 0) is 0 Å². The van der Waals surface area contributed by atoms with Gasteiger partial charge in [-0.2, -0.15) is 5.10 Å². The fourth-order valence-corrected chi connectivity index (χ4v) is 1.47. The normalized spacial score (nSPS) is 10.1. The van der Waals surface area contributed by atoms with E-state index in [9.17, 15) is 9.59 Å². The average molecular weight is 245 g/mol. The summed E-state index contributed by atoms with van der Waals surface area (Å²) in [5.74, 6) is -1.25. The maximum absolute atomic E-state index is 11.3. The van der Waals surface area contributed by atoms with E-state index < -0.39 is 5.97 Å². The lowest BCUT2D eigenvalue weighted by Crippen LogP contribution is -2.18. The van der Waals surface area contributed by atoms with Crippen LogP contribution in [0.5, 0.6) is 0 Å². The van der Waals surface area contributed by atoms with Gasteiger partial charge in [-0.15, -0.1) is 0 Å². The molecule has 0 spiro atoms. The van der Waals surface area contributed by atoms with Crippen LogP contribution in [0.4, 0.5) is 0 Å². The SMILES string of the molecule is CNC(=O)c1ccn(-c2ccc(C(=O)O)cc2)n1. The molecule has 0 aliphatic rings. The van der Waals surface area contributed by atoms with E-state index in [2.05, 4.69) is 10.4 Å². The largest absolute Gasteiger partial charge is 0.478 e. The number of carbonyl (C=O) groups excluding carboxylic acids is 1. The molecule has 0 bridgehead atoms. The van der Waals surface area contributed by atoms with E-state index in [1.54, 1.807) is 24.4 Å². The Bertz CT molecular complexity index is 587. The number of carbonyl (C=O) groups is 2. The quantitative estimate of drug-likeness (QED) is 0.842. The molecular formula is C12H11N3O3.